The summed E-state index contributed by atoms with van der Waals surface area (Å²) in [6, 6.07) is 0.606. The van der Waals surface area contributed by atoms with Gasteiger partial charge in [-0.15, -0.1) is 0 Å². The molecule has 0 aromatic carbocycles. The Kier molecular flexibility index (Phi) is 2.69. The highest BCUT2D eigenvalue weighted by Gasteiger charge is 2.59. The fraction of sp³-hybridized carbons (Fsp3) is 0.867. The molecule has 1 aliphatic carbocycles. The number of morpholine rings is 1. The summed E-state index contributed by atoms with van der Waals surface area (Å²) in [4.78, 5) is 7.15. The molecular formula is C15H21N3O3. The lowest BCUT2D eigenvalue weighted by molar-refractivity contribution is -0.0548. The number of hydrogen-bond donors (Lipinski definition) is 0. The van der Waals surface area contributed by atoms with Crippen molar-refractivity contribution in [3.05, 3.63) is 11.7 Å². The molecular weight excluding hydrogens is 270 g/mol. The van der Waals surface area contributed by atoms with E-state index in [1.807, 2.05) is 0 Å². The van der Waals surface area contributed by atoms with Gasteiger partial charge in [0.1, 0.15) is 6.10 Å². The second-order valence-corrected chi connectivity index (χ2v) is 7.03. The molecule has 1 saturated carbocycles. The zero-order valence-corrected chi connectivity index (χ0v) is 12.2. The van der Waals surface area contributed by atoms with Crippen LogP contribution < -0.4 is 0 Å². The van der Waals surface area contributed by atoms with Crippen LogP contribution in [0.1, 0.15) is 49.4 Å². The lowest BCUT2D eigenvalue weighted by atomic mass is 10.0. The van der Waals surface area contributed by atoms with Gasteiger partial charge in [-0.3, -0.25) is 4.90 Å². The third kappa shape index (κ3) is 1.96. The molecule has 1 spiro atoms. The van der Waals surface area contributed by atoms with Gasteiger partial charge in [0.25, 0.3) is 0 Å². The van der Waals surface area contributed by atoms with Crippen LogP contribution in [0.15, 0.2) is 4.52 Å². The number of aromatic nitrogens is 2. The number of nitrogens with zero attached hydrogens (tertiary/aromatic N) is 3. The molecule has 5 rings (SSSR count). The Bertz CT molecular complexity index is 540. The SMILES string of the molecule is C1CC2COC(c3noc(C4CC45CCOC5)n3)CN2C1. The second-order valence-electron chi connectivity index (χ2n) is 7.03. The van der Waals surface area contributed by atoms with Crippen molar-refractivity contribution in [2.45, 2.75) is 43.7 Å². The van der Waals surface area contributed by atoms with E-state index in [-0.39, 0.29) is 6.10 Å². The highest BCUT2D eigenvalue weighted by molar-refractivity contribution is 5.18. The van der Waals surface area contributed by atoms with E-state index in [4.69, 9.17) is 14.0 Å². The average Bonchev–Trinajstić information content (AvgIpc) is 2.98. The van der Waals surface area contributed by atoms with Gasteiger partial charge >= 0.3 is 0 Å². The molecule has 1 aromatic heterocycles. The van der Waals surface area contributed by atoms with Crippen molar-refractivity contribution < 1.29 is 14.0 Å². The molecule has 4 atom stereocenters. The van der Waals surface area contributed by atoms with Crippen molar-refractivity contribution in [2.75, 3.05) is 32.9 Å². The maximum absolute atomic E-state index is 5.96. The van der Waals surface area contributed by atoms with Gasteiger partial charge < -0.3 is 14.0 Å². The maximum atomic E-state index is 5.96. The van der Waals surface area contributed by atoms with Crippen LogP contribution in [-0.2, 0) is 9.47 Å². The minimum atomic E-state index is -0.0219. The van der Waals surface area contributed by atoms with E-state index in [1.54, 1.807) is 0 Å². The summed E-state index contributed by atoms with van der Waals surface area (Å²) in [5.74, 6) is 1.93. The Morgan fingerprint density at radius 3 is 3.24 bits per heavy atom. The fourth-order valence-electron chi connectivity index (χ4n) is 4.25. The van der Waals surface area contributed by atoms with Crippen molar-refractivity contribution >= 4 is 0 Å². The largest absolute Gasteiger partial charge is 0.381 e. The Balaban J connectivity index is 1.30. The number of hydrogen-bond acceptors (Lipinski definition) is 6. The molecule has 4 unspecified atom stereocenters. The average molecular weight is 291 g/mol. The first-order valence-corrected chi connectivity index (χ1v) is 8.11. The Labute approximate surface area is 123 Å². The normalized spacial score (nSPS) is 42.6. The van der Waals surface area contributed by atoms with Crippen molar-refractivity contribution in [2.24, 2.45) is 5.41 Å². The third-order valence-electron chi connectivity index (χ3n) is 5.76. The lowest BCUT2D eigenvalue weighted by Crippen LogP contribution is -2.42. The number of rotatable bonds is 2. The number of fused-ring (bicyclic) bond motifs is 1. The Morgan fingerprint density at radius 2 is 2.33 bits per heavy atom. The molecule has 21 heavy (non-hydrogen) atoms. The fourth-order valence-corrected chi connectivity index (χ4v) is 4.25. The summed E-state index contributed by atoms with van der Waals surface area (Å²) < 4.78 is 17.0. The van der Waals surface area contributed by atoms with Gasteiger partial charge in [0.15, 0.2) is 0 Å². The van der Waals surface area contributed by atoms with E-state index in [9.17, 15) is 0 Å². The van der Waals surface area contributed by atoms with Crippen LogP contribution >= 0.6 is 0 Å². The predicted octanol–water partition coefficient (Wildman–Crippen LogP) is 1.50. The predicted molar refractivity (Wildman–Crippen MR) is 72.8 cm³/mol. The highest BCUT2D eigenvalue weighted by Crippen LogP contribution is 2.63. The van der Waals surface area contributed by atoms with Crippen molar-refractivity contribution in [1.82, 2.24) is 15.0 Å². The molecule has 114 valence electrons. The molecule has 0 amide bonds. The molecule has 3 saturated heterocycles. The summed E-state index contributed by atoms with van der Waals surface area (Å²) in [7, 11) is 0. The zero-order chi connectivity index (χ0) is 13.9. The first kappa shape index (κ1) is 12.6. The van der Waals surface area contributed by atoms with E-state index in [0.29, 0.717) is 17.4 Å². The van der Waals surface area contributed by atoms with Gasteiger partial charge in [-0.1, -0.05) is 5.16 Å². The van der Waals surface area contributed by atoms with Crippen LogP contribution in [0, 0.1) is 5.41 Å². The third-order valence-corrected chi connectivity index (χ3v) is 5.76. The van der Waals surface area contributed by atoms with E-state index in [1.165, 1.54) is 19.4 Å². The molecule has 0 bridgehead atoms. The van der Waals surface area contributed by atoms with Crippen LogP contribution in [0.25, 0.3) is 0 Å². The minimum absolute atomic E-state index is 0.0219. The topological polar surface area (TPSA) is 60.6 Å². The summed E-state index contributed by atoms with van der Waals surface area (Å²) in [5, 5.41) is 4.19. The van der Waals surface area contributed by atoms with E-state index in [2.05, 4.69) is 15.0 Å². The van der Waals surface area contributed by atoms with Gasteiger partial charge in [0.05, 0.1) is 13.2 Å². The molecule has 3 aliphatic heterocycles. The molecule has 6 nitrogen and oxygen atoms in total. The Morgan fingerprint density at radius 1 is 1.33 bits per heavy atom. The molecule has 4 aliphatic rings. The van der Waals surface area contributed by atoms with Crippen LogP contribution in [0.5, 0.6) is 0 Å². The molecule has 6 heteroatoms. The van der Waals surface area contributed by atoms with Crippen molar-refractivity contribution in [3.8, 4) is 0 Å². The van der Waals surface area contributed by atoms with Gasteiger partial charge in [0, 0.05) is 30.5 Å². The second kappa shape index (κ2) is 4.51. The lowest BCUT2D eigenvalue weighted by Gasteiger charge is -2.33. The molecule has 4 fully saturated rings. The summed E-state index contributed by atoms with van der Waals surface area (Å²) in [6.07, 6.45) is 4.78. The molecule has 1 aromatic rings. The van der Waals surface area contributed by atoms with Gasteiger partial charge in [0.2, 0.25) is 11.7 Å². The van der Waals surface area contributed by atoms with Crippen LogP contribution in [0.4, 0.5) is 0 Å². The van der Waals surface area contributed by atoms with Crippen LogP contribution in [0.3, 0.4) is 0 Å². The Hall–Kier alpha value is -0.980. The molecule has 4 heterocycles. The smallest absolute Gasteiger partial charge is 0.230 e. The quantitative estimate of drug-likeness (QED) is 0.823. The monoisotopic (exact) mass is 291 g/mol. The van der Waals surface area contributed by atoms with Crippen molar-refractivity contribution in [1.29, 1.82) is 0 Å². The number of ether oxygens (including phenoxy) is 2. The zero-order valence-electron chi connectivity index (χ0n) is 12.2. The first-order chi connectivity index (χ1) is 10.3. The van der Waals surface area contributed by atoms with E-state index in [0.717, 1.165) is 50.9 Å². The summed E-state index contributed by atoms with van der Waals surface area (Å²) in [6.45, 7) is 4.61. The maximum Gasteiger partial charge on any atom is 0.230 e. The minimum Gasteiger partial charge on any atom is -0.381 e. The van der Waals surface area contributed by atoms with Crippen molar-refractivity contribution in [3.63, 3.8) is 0 Å². The standard InChI is InChI=1S/C15H21N3O3/c1-2-10-8-20-12(7-18(10)4-1)13-16-14(21-17-13)11-6-15(11)3-5-19-9-15/h10-12H,1-9H2. The molecule has 0 N–H and O–H groups in total. The van der Waals surface area contributed by atoms with E-state index < -0.39 is 0 Å². The summed E-state index contributed by atoms with van der Waals surface area (Å²) in [5.41, 5.74) is 0.303. The van der Waals surface area contributed by atoms with Crippen LogP contribution in [0.2, 0.25) is 0 Å². The van der Waals surface area contributed by atoms with Gasteiger partial charge in [-0.2, -0.15) is 4.98 Å². The van der Waals surface area contributed by atoms with Gasteiger partial charge in [-0.05, 0) is 32.2 Å². The highest BCUT2D eigenvalue weighted by atomic mass is 16.5. The van der Waals surface area contributed by atoms with E-state index >= 15 is 0 Å². The first-order valence-electron chi connectivity index (χ1n) is 8.11. The summed E-state index contributed by atoms with van der Waals surface area (Å²) >= 11 is 0. The van der Waals surface area contributed by atoms with Gasteiger partial charge in [-0.25, -0.2) is 0 Å². The van der Waals surface area contributed by atoms with Crippen LogP contribution in [-0.4, -0.2) is 54.0 Å². The molecule has 0 radical (unpaired) electrons.